The molecule has 1 aromatic carbocycles. The molecule has 0 radical (unpaired) electrons. The van der Waals surface area contributed by atoms with Crippen molar-refractivity contribution in [3.63, 3.8) is 0 Å². The normalized spacial score (nSPS) is 10.9. The summed E-state index contributed by atoms with van der Waals surface area (Å²) in [6, 6.07) is 3.64. The Morgan fingerprint density at radius 1 is 1.32 bits per heavy atom. The first-order chi connectivity index (χ1) is 10.5. The van der Waals surface area contributed by atoms with Gasteiger partial charge in [-0.1, -0.05) is 11.2 Å². The first-order valence-corrected chi connectivity index (χ1v) is 7.26. The third kappa shape index (κ3) is 3.21. The van der Waals surface area contributed by atoms with Crippen LogP contribution in [0, 0.1) is 20.6 Å². The van der Waals surface area contributed by atoms with E-state index in [1.165, 1.54) is 13.0 Å². The van der Waals surface area contributed by atoms with Crippen LogP contribution in [0.15, 0.2) is 16.7 Å². The van der Waals surface area contributed by atoms with Gasteiger partial charge in [-0.25, -0.2) is 0 Å². The van der Waals surface area contributed by atoms with Gasteiger partial charge in [-0.2, -0.15) is 0 Å². The van der Waals surface area contributed by atoms with Crippen LogP contribution in [0.1, 0.15) is 17.0 Å². The molecule has 0 unspecified atom stereocenters. The van der Waals surface area contributed by atoms with Crippen LogP contribution in [-0.4, -0.2) is 24.3 Å². The lowest BCUT2D eigenvalue weighted by molar-refractivity contribution is -0.386. The Balaban J connectivity index is 2.39. The number of ether oxygens (including phenoxy) is 2. The van der Waals surface area contributed by atoms with Crippen LogP contribution in [0.4, 0.5) is 5.69 Å². The van der Waals surface area contributed by atoms with Crippen molar-refractivity contribution in [1.82, 2.24) is 5.16 Å². The highest BCUT2D eigenvalue weighted by molar-refractivity contribution is 14.1. The average Bonchev–Trinajstić information content (AvgIpc) is 2.85. The average molecular weight is 416 g/mol. The van der Waals surface area contributed by atoms with Gasteiger partial charge in [-0.3, -0.25) is 10.1 Å². The molecule has 0 fully saturated rings. The predicted octanol–water partition coefficient (Wildman–Crippen LogP) is 3.68. The van der Waals surface area contributed by atoms with E-state index in [1.54, 1.807) is 26.4 Å². The summed E-state index contributed by atoms with van der Waals surface area (Å²) in [6.45, 7) is 1.53. The van der Waals surface area contributed by atoms with Crippen molar-refractivity contribution in [2.45, 2.75) is 6.92 Å². The van der Waals surface area contributed by atoms with E-state index in [1.807, 2.05) is 6.07 Å². The second kappa shape index (κ2) is 6.77. The van der Waals surface area contributed by atoms with Crippen molar-refractivity contribution < 1.29 is 18.9 Å². The second-order valence-electron chi connectivity index (χ2n) is 4.31. The maximum Gasteiger partial charge on any atom is 0.338 e. The number of halogens is 1. The quantitative estimate of drug-likeness (QED) is 0.420. The lowest BCUT2D eigenvalue weighted by Crippen LogP contribution is -1.94. The molecule has 0 bridgehead atoms. The summed E-state index contributed by atoms with van der Waals surface area (Å²) in [4.78, 5) is 10.5. The maximum atomic E-state index is 11.0. The van der Waals surface area contributed by atoms with Crippen LogP contribution < -0.4 is 9.47 Å². The van der Waals surface area contributed by atoms with Gasteiger partial charge in [0.25, 0.3) is 0 Å². The number of hydrogen-bond donors (Lipinski definition) is 0. The van der Waals surface area contributed by atoms with E-state index in [0.717, 1.165) is 9.13 Å². The smallest absolute Gasteiger partial charge is 0.338 e. The van der Waals surface area contributed by atoms with E-state index in [0.29, 0.717) is 11.5 Å². The molecule has 0 atom stereocenters. The summed E-state index contributed by atoms with van der Waals surface area (Å²) in [5.74, 6) is 1.33. The van der Waals surface area contributed by atoms with E-state index in [9.17, 15) is 10.1 Å². The Kier molecular flexibility index (Phi) is 5.01. The molecular weight excluding hydrogens is 403 g/mol. The van der Waals surface area contributed by atoms with Gasteiger partial charge in [-0.05, 0) is 53.3 Å². The monoisotopic (exact) mass is 416 g/mol. The summed E-state index contributed by atoms with van der Waals surface area (Å²) >= 11 is 2.13. The lowest BCUT2D eigenvalue weighted by Gasteiger charge is -2.10. The molecule has 7 nitrogen and oxygen atoms in total. The molecular formula is C14H13IN2O5. The van der Waals surface area contributed by atoms with E-state index in [2.05, 4.69) is 27.7 Å². The zero-order valence-electron chi connectivity index (χ0n) is 12.1. The Morgan fingerprint density at radius 3 is 2.64 bits per heavy atom. The van der Waals surface area contributed by atoms with Crippen LogP contribution in [0.2, 0.25) is 0 Å². The zero-order chi connectivity index (χ0) is 16.3. The van der Waals surface area contributed by atoms with Gasteiger partial charge in [0.15, 0.2) is 17.2 Å². The topological polar surface area (TPSA) is 87.6 Å². The van der Waals surface area contributed by atoms with Gasteiger partial charge in [0, 0.05) is 0 Å². The van der Waals surface area contributed by atoms with Gasteiger partial charge < -0.3 is 14.0 Å². The molecule has 0 N–H and O–H groups in total. The summed E-state index contributed by atoms with van der Waals surface area (Å²) in [5, 5.41) is 14.6. The highest BCUT2D eigenvalue weighted by Crippen LogP contribution is 2.34. The standard InChI is InChI=1S/C14H13IN2O5/c1-8-13(17(18)19)11(22-16-8)5-4-9-6-10(15)14(21-3)12(7-9)20-2/h4-7H,1-3H3/b5-4-. The molecule has 1 aromatic heterocycles. The third-order valence-electron chi connectivity index (χ3n) is 2.92. The van der Waals surface area contributed by atoms with Crippen molar-refractivity contribution in [1.29, 1.82) is 0 Å². The number of nitro groups is 1. The van der Waals surface area contributed by atoms with Crippen LogP contribution in [0.3, 0.4) is 0 Å². The number of hydrogen-bond acceptors (Lipinski definition) is 6. The Bertz CT molecular complexity index is 739. The molecule has 0 aliphatic rings. The van der Waals surface area contributed by atoms with Gasteiger partial charge in [0.2, 0.25) is 5.76 Å². The largest absolute Gasteiger partial charge is 0.493 e. The van der Waals surface area contributed by atoms with Gasteiger partial charge >= 0.3 is 5.69 Å². The van der Waals surface area contributed by atoms with Crippen molar-refractivity contribution >= 4 is 40.4 Å². The van der Waals surface area contributed by atoms with Crippen molar-refractivity contribution in [2.75, 3.05) is 14.2 Å². The number of aryl methyl sites for hydroxylation is 1. The second-order valence-corrected chi connectivity index (χ2v) is 5.47. The number of aromatic nitrogens is 1. The van der Waals surface area contributed by atoms with E-state index >= 15 is 0 Å². The molecule has 0 saturated carbocycles. The predicted molar refractivity (Wildman–Crippen MR) is 89.1 cm³/mol. The van der Waals surface area contributed by atoms with E-state index in [4.69, 9.17) is 14.0 Å². The Labute approximate surface area is 140 Å². The van der Waals surface area contributed by atoms with Crippen LogP contribution in [0.25, 0.3) is 12.2 Å². The highest BCUT2D eigenvalue weighted by atomic mass is 127. The lowest BCUT2D eigenvalue weighted by atomic mass is 10.1. The Hall–Kier alpha value is -2.10. The van der Waals surface area contributed by atoms with Crippen LogP contribution in [-0.2, 0) is 0 Å². The molecule has 0 saturated heterocycles. The number of rotatable bonds is 5. The molecule has 0 aliphatic heterocycles. The summed E-state index contributed by atoms with van der Waals surface area (Å²) < 4.78 is 16.4. The zero-order valence-corrected chi connectivity index (χ0v) is 14.3. The fourth-order valence-corrected chi connectivity index (χ4v) is 2.77. The molecule has 0 aliphatic carbocycles. The van der Waals surface area contributed by atoms with Crippen molar-refractivity contribution in [2.24, 2.45) is 0 Å². The minimum absolute atomic E-state index is 0.104. The van der Waals surface area contributed by atoms with Gasteiger partial charge in [0.1, 0.15) is 0 Å². The van der Waals surface area contributed by atoms with E-state index in [-0.39, 0.29) is 17.1 Å². The van der Waals surface area contributed by atoms with Crippen molar-refractivity contribution in [3.05, 3.63) is 42.8 Å². The molecule has 1 heterocycles. The van der Waals surface area contributed by atoms with Gasteiger partial charge in [-0.15, -0.1) is 0 Å². The first-order valence-electron chi connectivity index (χ1n) is 6.18. The van der Waals surface area contributed by atoms with Crippen LogP contribution in [0.5, 0.6) is 11.5 Å². The maximum absolute atomic E-state index is 11.0. The Morgan fingerprint density at radius 2 is 2.05 bits per heavy atom. The van der Waals surface area contributed by atoms with Crippen LogP contribution >= 0.6 is 22.6 Å². The molecule has 8 heteroatoms. The minimum atomic E-state index is -0.510. The minimum Gasteiger partial charge on any atom is -0.493 e. The third-order valence-corrected chi connectivity index (χ3v) is 3.72. The number of nitrogens with zero attached hydrogens (tertiary/aromatic N) is 2. The SMILES string of the molecule is COc1cc(/C=C\c2onc(C)c2[N+](=O)[O-])cc(I)c1OC. The van der Waals surface area contributed by atoms with Crippen molar-refractivity contribution in [3.8, 4) is 11.5 Å². The fraction of sp³-hybridized carbons (Fsp3) is 0.214. The molecule has 22 heavy (non-hydrogen) atoms. The molecule has 116 valence electrons. The first kappa shape index (κ1) is 16.3. The number of benzene rings is 1. The summed E-state index contributed by atoms with van der Waals surface area (Å²) in [6.07, 6.45) is 3.20. The molecule has 2 aromatic rings. The summed E-state index contributed by atoms with van der Waals surface area (Å²) in [5.41, 5.74) is 0.906. The molecule has 0 spiro atoms. The molecule has 0 amide bonds. The number of methoxy groups -OCH3 is 2. The summed E-state index contributed by atoms with van der Waals surface area (Å²) in [7, 11) is 3.11. The highest BCUT2D eigenvalue weighted by Gasteiger charge is 2.22. The molecule has 2 rings (SSSR count). The fourth-order valence-electron chi connectivity index (χ4n) is 1.92. The van der Waals surface area contributed by atoms with E-state index < -0.39 is 4.92 Å². The van der Waals surface area contributed by atoms with Gasteiger partial charge in [0.05, 0.1) is 22.7 Å².